The van der Waals surface area contributed by atoms with Crippen LogP contribution in [-0.4, -0.2) is 9.97 Å². The molecule has 1 aromatic carbocycles. The highest BCUT2D eigenvalue weighted by Gasteiger charge is 2.27. The Morgan fingerprint density at radius 3 is 2.47 bits per heavy atom. The van der Waals surface area contributed by atoms with Crippen molar-refractivity contribution in [2.24, 2.45) is 0 Å². The third-order valence-corrected chi connectivity index (χ3v) is 3.52. The highest BCUT2D eigenvalue weighted by molar-refractivity contribution is 9.10. The van der Waals surface area contributed by atoms with E-state index in [9.17, 15) is 0 Å². The number of hydrogen-bond acceptors (Lipinski definition) is 2. The topological polar surface area (TPSA) is 25.8 Å². The summed E-state index contributed by atoms with van der Waals surface area (Å²) < 4.78 is 1.06. The number of nitrogens with zero attached hydrogens (tertiary/aromatic N) is 2. The van der Waals surface area contributed by atoms with E-state index in [1.54, 1.807) is 0 Å². The number of rotatable bonds is 2. The summed E-state index contributed by atoms with van der Waals surface area (Å²) in [5, 5.41) is 0.528. The molecule has 17 heavy (non-hydrogen) atoms. The maximum atomic E-state index is 6.04. The van der Waals surface area contributed by atoms with Crippen molar-refractivity contribution in [1.29, 1.82) is 0 Å². The van der Waals surface area contributed by atoms with E-state index in [1.165, 1.54) is 12.8 Å². The van der Waals surface area contributed by atoms with E-state index in [0.717, 1.165) is 21.6 Å². The van der Waals surface area contributed by atoms with Gasteiger partial charge in [-0.15, -0.1) is 0 Å². The Hall–Kier alpha value is -0.930. The second kappa shape index (κ2) is 4.39. The molecule has 1 fully saturated rings. The average Bonchev–Trinajstić information content (AvgIpc) is 3.13. The Labute approximate surface area is 113 Å². The summed E-state index contributed by atoms with van der Waals surface area (Å²) in [5.74, 6) is 1.40. The molecule has 2 nitrogen and oxygen atoms in total. The van der Waals surface area contributed by atoms with Crippen LogP contribution < -0.4 is 0 Å². The summed E-state index contributed by atoms with van der Waals surface area (Å²) in [7, 11) is 0. The maximum absolute atomic E-state index is 6.04. The van der Waals surface area contributed by atoms with Crippen molar-refractivity contribution in [1.82, 2.24) is 9.97 Å². The molecule has 1 aliphatic rings. The molecule has 0 atom stereocenters. The fourth-order valence-electron chi connectivity index (χ4n) is 1.73. The Balaban J connectivity index is 2.04. The lowest BCUT2D eigenvalue weighted by Crippen LogP contribution is -1.95. The minimum absolute atomic E-state index is 0.517. The minimum atomic E-state index is 0.517. The quantitative estimate of drug-likeness (QED) is 0.767. The molecule has 0 amide bonds. The number of halogens is 2. The van der Waals surface area contributed by atoms with Gasteiger partial charge in [0, 0.05) is 22.0 Å². The van der Waals surface area contributed by atoms with Gasteiger partial charge >= 0.3 is 0 Å². The second-order valence-corrected chi connectivity index (χ2v) is 5.52. The first-order valence-electron chi connectivity index (χ1n) is 5.53. The van der Waals surface area contributed by atoms with Crippen molar-refractivity contribution in [2.45, 2.75) is 18.8 Å². The van der Waals surface area contributed by atoms with E-state index in [2.05, 4.69) is 25.9 Å². The molecular weight excluding hydrogens is 300 g/mol. The summed E-state index contributed by atoms with van der Waals surface area (Å²) in [6.45, 7) is 0. The van der Waals surface area contributed by atoms with Crippen LogP contribution in [0.2, 0.25) is 5.15 Å². The van der Waals surface area contributed by atoms with Crippen LogP contribution in [0.15, 0.2) is 34.8 Å². The molecule has 0 spiro atoms. The summed E-state index contributed by atoms with van der Waals surface area (Å²) in [5.41, 5.74) is 1.97. The van der Waals surface area contributed by atoms with E-state index < -0.39 is 0 Å². The SMILES string of the molecule is Clc1cc(-c2ccc(Br)cc2)nc(C2CC2)n1. The number of hydrogen-bond donors (Lipinski definition) is 0. The van der Waals surface area contributed by atoms with Gasteiger partial charge < -0.3 is 0 Å². The summed E-state index contributed by atoms with van der Waals surface area (Å²) >= 11 is 9.46. The third kappa shape index (κ3) is 2.50. The standard InChI is InChI=1S/C13H10BrClN2/c14-10-5-3-8(4-6-10)11-7-12(15)17-13(16-11)9-1-2-9/h3-7,9H,1-2H2. The van der Waals surface area contributed by atoms with Crippen LogP contribution in [0.25, 0.3) is 11.3 Å². The van der Waals surface area contributed by atoms with Gasteiger partial charge in [-0.05, 0) is 25.0 Å². The van der Waals surface area contributed by atoms with Gasteiger partial charge in [-0.2, -0.15) is 0 Å². The fraction of sp³-hybridized carbons (Fsp3) is 0.231. The molecular formula is C13H10BrClN2. The molecule has 0 unspecified atom stereocenters. The van der Waals surface area contributed by atoms with Crippen molar-refractivity contribution in [3.8, 4) is 11.3 Å². The molecule has 4 heteroatoms. The van der Waals surface area contributed by atoms with E-state index in [4.69, 9.17) is 11.6 Å². The molecule has 1 aromatic heterocycles. The highest BCUT2D eigenvalue weighted by atomic mass is 79.9. The van der Waals surface area contributed by atoms with Crippen LogP contribution in [0.1, 0.15) is 24.6 Å². The van der Waals surface area contributed by atoms with Gasteiger partial charge in [-0.3, -0.25) is 0 Å². The van der Waals surface area contributed by atoms with Gasteiger partial charge in [0.05, 0.1) is 5.69 Å². The van der Waals surface area contributed by atoms with Crippen LogP contribution in [-0.2, 0) is 0 Å². The zero-order valence-corrected chi connectivity index (χ0v) is 11.4. The van der Waals surface area contributed by atoms with Crippen LogP contribution in [0.3, 0.4) is 0 Å². The first-order valence-corrected chi connectivity index (χ1v) is 6.70. The van der Waals surface area contributed by atoms with Crippen LogP contribution in [0, 0.1) is 0 Å². The van der Waals surface area contributed by atoms with E-state index in [1.807, 2.05) is 30.3 Å². The molecule has 0 saturated heterocycles. The summed E-state index contributed by atoms with van der Waals surface area (Å²) in [4.78, 5) is 8.87. The fourth-order valence-corrected chi connectivity index (χ4v) is 2.18. The van der Waals surface area contributed by atoms with Crippen molar-refractivity contribution in [3.05, 3.63) is 45.8 Å². The largest absolute Gasteiger partial charge is 0.232 e. The predicted octanol–water partition coefficient (Wildman–Crippen LogP) is 4.44. The lowest BCUT2D eigenvalue weighted by atomic mass is 10.1. The lowest BCUT2D eigenvalue weighted by molar-refractivity contribution is 0.931. The molecule has 0 N–H and O–H groups in total. The predicted molar refractivity (Wildman–Crippen MR) is 72.2 cm³/mol. The van der Waals surface area contributed by atoms with E-state index >= 15 is 0 Å². The van der Waals surface area contributed by atoms with Crippen molar-refractivity contribution >= 4 is 27.5 Å². The Morgan fingerprint density at radius 2 is 1.82 bits per heavy atom. The van der Waals surface area contributed by atoms with Gasteiger partial charge in [0.15, 0.2) is 0 Å². The Morgan fingerprint density at radius 1 is 1.12 bits per heavy atom. The molecule has 1 heterocycles. The zero-order valence-electron chi connectivity index (χ0n) is 9.03. The summed E-state index contributed by atoms with van der Waals surface area (Å²) in [6, 6.07) is 9.87. The smallest absolute Gasteiger partial charge is 0.133 e. The van der Waals surface area contributed by atoms with Gasteiger partial charge in [-0.25, -0.2) is 9.97 Å². The minimum Gasteiger partial charge on any atom is -0.232 e. The van der Waals surface area contributed by atoms with Crippen LogP contribution in [0.4, 0.5) is 0 Å². The molecule has 1 aliphatic carbocycles. The van der Waals surface area contributed by atoms with E-state index in [0.29, 0.717) is 11.1 Å². The Bertz CT molecular complexity index is 550. The maximum Gasteiger partial charge on any atom is 0.133 e. The van der Waals surface area contributed by atoms with Crippen LogP contribution in [0.5, 0.6) is 0 Å². The molecule has 0 bridgehead atoms. The second-order valence-electron chi connectivity index (χ2n) is 4.22. The monoisotopic (exact) mass is 308 g/mol. The molecule has 86 valence electrons. The highest BCUT2D eigenvalue weighted by Crippen LogP contribution is 2.39. The van der Waals surface area contributed by atoms with Gasteiger partial charge in [0.2, 0.25) is 0 Å². The number of aromatic nitrogens is 2. The molecule has 1 saturated carbocycles. The van der Waals surface area contributed by atoms with Crippen molar-refractivity contribution in [2.75, 3.05) is 0 Å². The Kier molecular flexibility index (Phi) is 2.89. The number of benzene rings is 1. The van der Waals surface area contributed by atoms with Gasteiger partial charge in [-0.1, -0.05) is 39.7 Å². The van der Waals surface area contributed by atoms with Gasteiger partial charge in [0.1, 0.15) is 11.0 Å². The van der Waals surface area contributed by atoms with Gasteiger partial charge in [0.25, 0.3) is 0 Å². The third-order valence-electron chi connectivity index (χ3n) is 2.79. The van der Waals surface area contributed by atoms with E-state index in [-0.39, 0.29) is 0 Å². The first-order chi connectivity index (χ1) is 8.22. The van der Waals surface area contributed by atoms with Crippen molar-refractivity contribution < 1.29 is 0 Å². The molecule has 0 aliphatic heterocycles. The summed E-state index contributed by atoms with van der Waals surface area (Å²) in [6.07, 6.45) is 2.36. The molecule has 0 radical (unpaired) electrons. The molecule has 2 aromatic rings. The lowest BCUT2D eigenvalue weighted by Gasteiger charge is -2.04. The average molecular weight is 310 g/mol. The molecule has 3 rings (SSSR count). The normalized spacial score (nSPS) is 14.9. The van der Waals surface area contributed by atoms with Crippen molar-refractivity contribution in [3.63, 3.8) is 0 Å². The first kappa shape index (κ1) is 11.2. The zero-order chi connectivity index (χ0) is 11.8. The van der Waals surface area contributed by atoms with Crippen LogP contribution >= 0.6 is 27.5 Å².